The fourth-order valence-electron chi connectivity index (χ4n) is 1.08. The van der Waals surface area contributed by atoms with E-state index in [1.54, 1.807) is 31.2 Å². The van der Waals surface area contributed by atoms with Crippen LogP contribution >= 0.6 is 0 Å². The lowest BCUT2D eigenvalue weighted by Crippen LogP contribution is -2.06. The molecule has 0 saturated carbocycles. The van der Waals surface area contributed by atoms with E-state index in [2.05, 4.69) is 11.3 Å². The lowest BCUT2D eigenvalue weighted by molar-refractivity contribution is -0.139. The second-order valence-corrected chi connectivity index (χ2v) is 5.52. The molecule has 0 bridgehead atoms. The molecular weight excluding hydrogens is 308 g/mol. The van der Waals surface area contributed by atoms with Gasteiger partial charge < -0.3 is 9.84 Å². The smallest absolute Gasteiger partial charge is 0.333 e. The molecule has 1 aromatic carbocycles. The van der Waals surface area contributed by atoms with Crippen molar-refractivity contribution in [2.75, 3.05) is 13.2 Å². The molecule has 0 amide bonds. The summed E-state index contributed by atoms with van der Waals surface area (Å²) in [7, 11) is -4.00. The molecule has 0 aliphatic heterocycles. The molecule has 22 heavy (non-hydrogen) atoms. The third-order valence-corrected chi connectivity index (χ3v) is 2.60. The number of ether oxygens (including phenoxy) is 1. The predicted octanol–water partition coefficient (Wildman–Crippen LogP) is 2.03. The fourth-order valence-corrected chi connectivity index (χ4v) is 1.41. The van der Waals surface area contributed by atoms with E-state index in [-0.39, 0.29) is 13.2 Å². The minimum atomic E-state index is -4.00. The van der Waals surface area contributed by atoms with E-state index >= 15 is 0 Å². The summed E-state index contributed by atoms with van der Waals surface area (Å²) in [5, 5.41) is 9.06. The summed E-state index contributed by atoms with van der Waals surface area (Å²) >= 11 is 0. The number of hydrogen-bond donors (Lipinski definition) is 2. The van der Waals surface area contributed by atoms with Crippen LogP contribution in [0, 0.1) is 0 Å². The zero-order valence-electron chi connectivity index (χ0n) is 12.3. The van der Waals surface area contributed by atoms with E-state index in [0.717, 1.165) is 11.0 Å². The number of rotatable bonds is 6. The summed E-state index contributed by atoms with van der Waals surface area (Å²) < 4.78 is 33.6. The van der Waals surface area contributed by atoms with Gasteiger partial charge in [0.25, 0.3) is 10.1 Å². The van der Waals surface area contributed by atoms with Gasteiger partial charge in [-0.05, 0) is 18.6 Å². The maximum atomic E-state index is 10.6. The van der Waals surface area contributed by atoms with E-state index in [0.29, 0.717) is 12.0 Å². The summed E-state index contributed by atoms with van der Waals surface area (Å²) in [5.74, 6) is -0.395. The molecule has 7 heteroatoms. The number of esters is 1. The molecule has 122 valence electrons. The average molecular weight is 328 g/mol. The highest BCUT2D eigenvalue weighted by Crippen LogP contribution is 2.01. The van der Waals surface area contributed by atoms with Crippen molar-refractivity contribution in [3.63, 3.8) is 0 Å². The third kappa shape index (κ3) is 11.8. The third-order valence-electron chi connectivity index (χ3n) is 2.12. The summed E-state index contributed by atoms with van der Waals surface area (Å²) in [6, 6.07) is 8.86. The van der Waals surface area contributed by atoms with Gasteiger partial charge in [0.1, 0.15) is 0 Å². The van der Waals surface area contributed by atoms with E-state index < -0.39 is 16.1 Å². The highest BCUT2D eigenvalue weighted by Gasteiger charge is 2.00. The Bertz CT molecular complexity index is 590. The lowest BCUT2D eigenvalue weighted by Gasteiger charge is -2.00. The van der Waals surface area contributed by atoms with Gasteiger partial charge in [0, 0.05) is 18.6 Å². The Hall–Kier alpha value is -1.96. The summed E-state index contributed by atoms with van der Waals surface area (Å²) in [5.41, 5.74) is 1.12. The van der Waals surface area contributed by atoms with E-state index in [4.69, 9.17) is 9.66 Å². The zero-order chi connectivity index (χ0) is 17.0. The Morgan fingerprint density at radius 2 is 1.91 bits per heavy atom. The molecule has 0 saturated heterocycles. The van der Waals surface area contributed by atoms with E-state index in [1.165, 1.54) is 6.08 Å². The number of carbonyl (C=O) groups is 1. The molecule has 0 fully saturated rings. The van der Waals surface area contributed by atoms with Gasteiger partial charge in [-0.1, -0.05) is 36.9 Å². The quantitative estimate of drug-likeness (QED) is 0.359. The SMILES string of the molecule is C=C(C)C(=O)OCCCO.O=S(=O)(O)C=Cc1ccccc1. The van der Waals surface area contributed by atoms with Crippen LogP contribution in [0.5, 0.6) is 0 Å². The van der Waals surface area contributed by atoms with Crippen molar-refractivity contribution < 1.29 is 27.6 Å². The van der Waals surface area contributed by atoms with Crippen molar-refractivity contribution in [3.05, 3.63) is 53.5 Å². The molecule has 0 heterocycles. The van der Waals surface area contributed by atoms with Crippen LogP contribution in [0.4, 0.5) is 0 Å². The first-order valence-corrected chi connectivity index (χ1v) is 7.90. The van der Waals surface area contributed by atoms with Crippen LogP contribution in [0.25, 0.3) is 6.08 Å². The fraction of sp³-hybridized carbons (Fsp3) is 0.267. The van der Waals surface area contributed by atoms with Crippen LogP contribution in [-0.2, 0) is 19.6 Å². The summed E-state index contributed by atoms with van der Waals surface area (Å²) in [6.07, 6.45) is 1.81. The van der Waals surface area contributed by atoms with Crippen molar-refractivity contribution in [1.29, 1.82) is 0 Å². The highest BCUT2D eigenvalue weighted by atomic mass is 32.2. The molecule has 0 spiro atoms. The van der Waals surface area contributed by atoms with Crippen LogP contribution in [0.15, 0.2) is 47.9 Å². The monoisotopic (exact) mass is 328 g/mol. The first kappa shape index (κ1) is 20.0. The Kier molecular flexibility index (Phi) is 9.77. The normalized spacial score (nSPS) is 10.7. The van der Waals surface area contributed by atoms with Gasteiger partial charge in [-0.25, -0.2) is 4.79 Å². The van der Waals surface area contributed by atoms with Crippen LogP contribution in [0.3, 0.4) is 0 Å². The molecule has 0 radical (unpaired) electrons. The molecule has 0 aliphatic rings. The minimum absolute atomic E-state index is 0.0451. The maximum Gasteiger partial charge on any atom is 0.333 e. The Morgan fingerprint density at radius 3 is 2.36 bits per heavy atom. The first-order valence-electron chi connectivity index (χ1n) is 6.40. The van der Waals surface area contributed by atoms with Crippen LogP contribution in [0.1, 0.15) is 18.9 Å². The van der Waals surface area contributed by atoms with Crippen molar-refractivity contribution in [1.82, 2.24) is 0 Å². The summed E-state index contributed by atoms with van der Waals surface area (Å²) in [6.45, 7) is 5.29. The largest absolute Gasteiger partial charge is 0.462 e. The number of aliphatic hydroxyl groups excluding tert-OH is 1. The molecule has 0 atom stereocenters. The van der Waals surface area contributed by atoms with Gasteiger partial charge in [0.05, 0.1) is 12.0 Å². The lowest BCUT2D eigenvalue weighted by atomic mass is 10.2. The van der Waals surface area contributed by atoms with Crippen molar-refractivity contribution >= 4 is 22.2 Å². The number of aliphatic hydroxyl groups is 1. The molecule has 2 N–H and O–H groups in total. The number of carbonyl (C=O) groups excluding carboxylic acids is 1. The highest BCUT2D eigenvalue weighted by molar-refractivity contribution is 7.88. The van der Waals surface area contributed by atoms with Crippen LogP contribution in [-0.4, -0.2) is 37.3 Å². The molecule has 0 aliphatic carbocycles. The van der Waals surface area contributed by atoms with Crippen LogP contribution in [0.2, 0.25) is 0 Å². The molecule has 0 unspecified atom stereocenters. The second kappa shape index (κ2) is 10.7. The van der Waals surface area contributed by atoms with Crippen molar-refractivity contribution in [2.45, 2.75) is 13.3 Å². The molecular formula is C15H20O6S. The van der Waals surface area contributed by atoms with Gasteiger partial charge in [-0.15, -0.1) is 0 Å². The standard InChI is InChI=1S/C8H8O3S.C7H12O3/c9-12(10,11)7-6-8-4-2-1-3-5-8;1-6(2)7(9)10-5-3-4-8/h1-7H,(H,9,10,11);8H,1,3-5H2,2H3. The van der Waals surface area contributed by atoms with E-state index in [9.17, 15) is 13.2 Å². The topological polar surface area (TPSA) is 101 Å². The number of benzene rings is 1. The van der Waals surface area contributed by atoms with Gasteiger partial charge >= 0.3 is 5.97 Å². The predicted molar refractivity (Wildman–Crippen MR) is 84.5 cm³/mol. The van der Waals surface area contributed by atoms with E-state index in [1.807, 2.05) is 6.07 Å². The van der Waals surface area contributed by atoms with Crippen molar-refractivity contribution in [3.8, 4) is 0 Å². The zero-order valence-corrected chi connectivity index (χ0v) is 13.1. The van der Waals surface area contributed by atoms with Crippen molar-refractivity contribution in [2.24, 2.45) is 0 Å². The molecule has 6 nitrogen and oxygen atoms in total. The molecule has 1 aromatic rings. The van der Waals surface area contributed by atoms with Gasteiger partial charge in [0.2, 0.25) is 0 Å². The Labute approximate surface area is 130 Å². The maximum absolute atomic E-state index is 10.6. The van der Waals surface area contributed by atoms with Gasteiger partial charge in [-0.3, -0.25) is 4.55 Å². The minimum Gasteiger partial charge on any atom is -0.462 e. The summed E-state index contributed by atoms with van der Waals surface area (Å²) in [4.78, 5) is 10.6. The molecule has 1 rings (SSSR count). The van der Waals surface area contributed by atoms with Crippen LogP contribution < -0.4 is 0 Å². The van der Waals surface area contributed by atoms with Gasteiger partial charge in [0.15, 0.2) is 0 Å². The number of hydrogen-bond acceptors (Lipinski definition) is 5. The Morgan fingerprint density at radius 1 is 1.32 bits per heavy atom. The average Bonchev–Trinajstić information content (AvgIpc) is 2.46. The van der Waals surface area contributed by atoms with Gasteiger partial charge in [-0.2, -0.15) is 8.42 Å². The Balaban J connectivity index is 0.000000409. The molecule has 0 aromatic heterocycles. The second-order valence-electron chi connectivity index (χ2n) is 4.22. The first-order chi connectivity index (χ1) is 10.3.